The van der Waals surface area contributed by atoms with Crippen molar-refractivity contribution < 1.29 is 9.47 Å². The third-order valence-electron chi connectivity index (χ3n) is 3.69. The van der Waals surface area contributed by atoms with E-state index in [1.54, 1.807) is 14.2 Å². The maximum atomic E-state index is 6.32. The van der Waals surface area contributed by atoms with Gasteiger partial charge in [0.1, 0.15) is 11.5 Å². The van der Waals surface area contributed by atoms with E-state index in [2.05, 4.69) is 31.2 Å². The van der Waals surface area contributed by atoms with Gasteiger partial charge in [0.25, 0.3) is 0 Å². The third kappa shape index (κ3) is 3.99. The van der Waals surface area contributed by atoms with Crippen LogP contribution in [-0.2, 0) is 6.42 Å². The van der Waals surface area contributed by atoms with E-state index in [0.29, 0.717) is 0 Å². The summed E-state index contributed by atoms with van der Waals surface area (Å²) in [5.41, 5.74) is 9.83. The average Bonchev–Trinajstić information content (AvgIpc) is 2.52. The molecule has 0 aliphatic rings. The van der Waals surface area contributed by atoms with E-state index in [1.165, 1.54) is 11.1 Å². The van der Waals surface area contributed by atoms with Crippen LogP contribution in [0.1, 0.15) is 29.2 Å². The lowest BCUT2D eigenvalue weighted by atomic mass is 9.98. The molecule has 112 valence electrons. The number of ether oxygens (including phenoxy) is 2. The molecular formula is C18H23NO2. The monoisotopic (exact) mass is 285 g/mol. The first kappa shape index (κ1) is 15.4. The predicted molar refractivity (Wildman–Crippen MR) is 86.0 cm³/mol. The van der Waals surface area contributed by atoms with Crippen LogP contribution < -0.4 is 15.2 Å². The highest BCUT2D eigenvalue weighted by Crippen LogP contribution is 2.27. The SMILES string of the molecule is COc1ccc(CCC(N)c2ccc(C)cc2OC)cc1. The van der Waals surface area contributed by atoms with E-state index >= 15 is 0 Å². The zero-order chi connectivity index (χ0) is 15.2. The van der Waals surface area contributed by atoms with Crippen LogP contribution in [-0.4, -0.2) is 14.2 Å². The predicted octanol–water partition coefficient (Wildman–Crippen LogP) is 3.64. The maximum absolute atomic E-state index is 6.32. The second-order valence-electron chi connectivity index (χ2n) is 5.24. The molecule has 0 radical (unpaired) electrons. The second-order valence-corrected chi connectivity index (χ2v) is 5.24. The first-order valence-corrected chi connectivity index (χ1v) is 7.17. The Morgan fingerprint density at radius 3 is 2.33 bits per heavy atom. The highest BCUT2D eigenvalue weighted by Gasteiger charge is 2.12. The lowest BCUT2D eigenvalue weighted by molar-refractivity contribution is 0.404. The summed E-state index contributed by atoms with van der Waals surface area (Å²) in [6.07, 6.45) is 1.81. The van der Waals surface area contributed by atoms with Crippen LogP contribution in [0.2, 0.25) is 0 Å². The average molecular weight is 285 g/mol. The highest BCUT2D eigenvalue weighted by molar-refractivity contribution is 5.39. The van der Waals surface area contributed by atoms with Crippen molar-refractivity contribution in [2.75, 3.05) is 14.2 Å². The Kier molecular flexibility index (Phi) is 5.23. The zero-order valence-corrected chi connectivity index (χ0v) is 12.9. The highest BCUT2D eigenvalue weighted by atomic mass is 16.5. The van der Waals surface area contributed by atoms with Crippen LogP contribution in [0.3, 0.4) is 0 Å². The van der Waals surface area contributed by atoms with Gasteiger partial charge in [-0.25, -0.2) is 0 Å². The fourth-order valence-corrected chi connectivity index (χ4v) is 2.39. The second kappa shape index (κ2) is 7.14. The summed E-state index contributed by atoms with van der Waals surface area (Å²) in [4.78, 5) is 0. The first-order chi connectivity index (χ1) is 10.1. The van der Waals surface area contributed by atoms with Gasteiger partial charge in [-0.3, -0.25) is 0 Å². The van der Waals surface area contributed by atoms with E-state index in [9.17, 15) is 0 Å². The molecule has 0 aliphatic carbocycles. The fraction of sp³-hybridized carbons (Fsp3) is 0.333. The molecule has 3 nitrogen and oxygen atoms in total. The van der Waals surface area contributed by atoms with Crippen molar-refractivity contribution in [3.8, 4) is 11.5 Å². The zero-order valence-electron chi connectivity index (χ0n) is 12.9. The Morgan fingerprint density at radius 2 is 1.71 bits per heavy atom. The number of rotatable bonds is 6. The number of methoxy groups -OCH3 is 2. The minimum absolute atomic E-state index is 0.0253. The van der Waals surface area contributed by atoms with E-state index < -0.39 is 0 Å². The smallest absolute Gasteiger partial charge is 0.123 e. The molecule has 1 unspecified atom stereocenters. The lowest BCUT2D eigenvalue weighted by Gasteiger charge is -2.16. The summed E-state index contributed by atoms with van der Waals surface area (Å²) in [6.45, 7) is 2.05. The van der Waals surface area contributed by atoms with Gasteiger partial charge in [0.2, 0.25) is 0 Å². The van der Waals surface area contributed by atoms with Crippen LogP contribution in [0.25, 0.3) is 0 Å². The van der Waals surface area contributed by atoms with Crippen molar-refractivity contribution in [1.29, 1.82) is 0 Å². The summed E-state index contributed by atoms with van der Waals surface area (Å²) in [5, 5.41) is 0. The Labute approximate surface area is 126 Å². The summed E-state index contributed by atoms with van der Waals surface area (Å²) in [5.74, 6) is 1.75. The minimum Gasteiger partial charge on any atom is -0.497 e. The van der Waals surface area contributed by atoms with Crippen LogP contribution in [0.5, 0.6) is 11.5 Å². The standard InChI is InChI=1S/C18H23NO2/c1-13-4-10-16(18(12-13)21-3)17(19)11-7-14-5-8-15(20-2)9-6-14/h4-6,8-10,12,17H,7,11,19H2,1-3H3. The normalized spacial score (nSPS) is 12.0. The molecule has 0 saturated carbocycles. The van der Waals surface area contributed by atoms with Gasteiger partial charge in [0, 0.05) is 11.6 Å². The molecule has 0 aliphatic heterocycles. The molecule has 0 aromatic heterocycles. The molecule has 1 atom stereocenters. The number of hydrogen-bond donors (Lipinski definition) is 1. The molecule has 2 N–H and O–H groups in total. The van der Waals surface area contributed by atoms with Crippen molar-refractivity contribution in [3.05, 3.63) is 59.2 Å². The molecule has 0 bridgehead atoms. The molecule has 0 saturated heterocycles. The van der Waals surface area contributed by atoms with E-state index in [4.69, 9.17) is 15.2 Å². The van der Waals surface area contributed by atoms with Crippen molar-refractivity contribution in [1.82, 2.24) is 0 Å². The molecular weight excluding hydrogens is 262 g/mol. The van der Waals surface area contributed by atoms with Crippen molar-refractivity contribution in [3.63, 3.8) is 0 Å². The Bertz CT molecular complexity index is 578. The summed E-state index contributed by atoms with van der Waals surface area (Å²) in [6, 6.07) is 14.3. The molecule has 3 heteroatoms. The molecule has 2 aromatic rings. The Morgan fingerprint density at radius 1 is 1.00 bits per heavy atom. The van der Waals surface area contributed by atoms with Gasteiger partial charge in [-0.15, -0.1) is 0 Å². The van der Waals surface area contributed by atoms with Gasteiger partial charge in [-0.05, 0) is 49.1 Å². The van der Waals surface area contributed by atoms with Crippen LogP contribution >= 0.6 is 0 Å². The Balaban J connectivity index is 2.02. The molecule has 2 rings (SSSR count). The number of aryl methyl sites for hydroxylation is 2. The van der Waals surface area contributed by atoms with Gasteiger partial charge in [0.15, 0.2) is 0 Å². The van der Waals surface area contributed by atoms with Gasteiger partial charge in [-0.2, -0.15) is 0 Å². The summed E-state index contributed by atoms with van der Waals surface area (Å²) in [7, 11) is 3.36. The van der Waals surface area contributed by atoms with Crippen LogP contribution in [0.15, 0.2) is 42.5 Å². The largest absolute Gasteiger partial charge is 0.497 e. The topological polar surface area (TPSA) is 44.5 Å². The molecule has 0 fully saturated rings. The van der Waals surface area contributed by atoms with Gasteiger partial charge >= 0.3 is 0 Å². The summed E-state index contributed by atoms with van der Waals surface area (Å²) < 4.78 is 10.6. The quantitative estimate of drug-likeness (QED) is 0.881. The van der Waals surface area contributed by atoms with E-state index in [0.717, 1.165) is 29.9 Å². The van der Waals surface area contributed by atoms with Crippen molar-refractivity contribution in [2.45, 2.75) is 25.8 Å². The third-order valence-corrected chi connectivity index (χ3v) is 3.69. The van der Waals surface area contributed by atoms with Crippen LogP contribution in [0.4, 0.5) is 0 Å². The van der Waals surface area contributed by atoms with Gasteiger partial charge < -0.3 is 15.2 Å². The maximum Gasteiger partial charge on any atom is 0.123 e. The van der Waals surface area contributed by atoms with Gasteiger partial charge in [-0.1, -0.05) is 24.3 Å². The minimum atomic E-state index is -0.0253. The number of nitrogens with two attached hydrogens (primary N) is 1. The molecule has 0 spiro atoms. The van der Waals surface area contributed by atoms with E-state index in [1.807, 2.05) is 18.2 Å². The molecule has 21 heavy (non-hydrogen) atoms. The number of benzene rings is 2. The number of hydrogen-bond acceptors (Lipinski definition) is 3. The molecule has 0 heterocycles. The van der Waals surface area contributed by atoms with Crippen molar-refractivity contribution >= 4 is 0 Å². The Hall–Kier alpha value is -2.00. The van der Waals surface area contributed by atoms with Crippen molar-refractivity contribution in [2.24, 2.45) is 5.73 Å². The fourth-order valence-electron chi connectivity index (χ4n) is 2.39. The van der Waals surface area contributed by atoms with Gasteiger partial charge in [0.05, 0.1) is 14.2 Å². The summed E-state index contributed by atoms with van der Waals surface area (Å²) >= 11 is 0. The lowest BCUT2D eigenvalue weighted by Crippen LogP contribution is -2.12. The molecule has 0 amide bonds. The van der Waals surface area contributed by atoms with E-state index in [-0.39, 0.29) is 6.04 Å². The molecule has 2 aromatic carbocycles. The van der Waals surface area contributed by atoms with Crippen LogP contribution in [0, 0.1) is 6.92 Å². The first-order valence-electron chi connectivity index (χ1n) is 7.17.